The summed E-state index contributed by atoms with van der Waals surface area (Å²) < 4.78 is 81.7. The van der Waals surface area contributed by atoms with Gasteiger partial charge in [0.2, 0.25) is 0 Å². The molecule has 1 aromatic heterocycles. The number of carboxylic acids is 1. The molecule has 0 unspecified atom stereocenters. The summed E-state index contributed by atoms with van der Waals surface area (Å²) in [6, 6.07) is 2.28. The van der Waals surface area contributed by atoms with Crippen LogP contribution in [0.2, 0.25) is 0 Å². The molecule has 0 saturated heterocycles. The van der Waals surface area contributed by atoms with Crippen molar-refractivity contribution < 1.29 is 40.7 Å². The molecule has 3 nitrogen and oxygen atoms in total. The molecule has 0 atom stereocenters. The third-order valence-corrected chi connectivity index (χ3v) is 2.93. The molecule has 0 aliphatic carbocycles. The third kappa shape index (κ3) is 4.18. The lowest BCUT2D eigenvalue weighted by atomic mass is 10.0. The molecule has 1 heterocycles. The zero-order valence-electron chi connectivity index (χ0n) is 11.6. The van der Waals surface area contributed by atoms with E-state index in [-0.39, 0.29) is 23.0 Å². The lowest BCUT2D eigenvalue weighted by Gasteiger charge is -2.13. The normalized spacial score (nSPS) is 12.8. The second kappa shape index (κ2) is 6.06. The Morgan fingerprint density at radius 3 is 1.92 bits per heavy atom. The molecule has 0 spiro atoms. The fourth-order valence-corrected chi connectivity index (χ4v) is 1.87. The number of carboxylic acid groups (broad SMARTS) is 1. The minimum absolute atomic E-state index is 0.0226. The van der Waals surface area contributed by atoms with Crippen molar-refractivity contribution in [3.8, 4) is 11.1 Å². The average Bonchev–Trinajstić information content (AvgIpc) is 2.91. The van der Waals surface area contributed by atoms with Crippen LogP contribution in [0, 0.1) is 0 Å². The van der Waals surface area contributed by atoms with Crippen LogP contribution >= 0.6 is 0 Å². The number of halogens is 6. The lowest BCUT2D eigenvalue weighted by molar-refractivity contribution is -0.143. The highest BCUT2D eigenvalue weighted by atomic mass is 19.4. The van der Waals surface area contributed by atoms with E-state index in [0.29, 0.717) is 12.1 Å². The fraction of sp³-hybridized carbons (Fsp3) is 0.133. The van der Waals surface area contributed by atoms with Crippen LogP contribution in [0.25, 0.3) is 17.2 Å². The topological polar surface area (TPSA) is 50.4 Å². The smallest absolute Gasteiger partial charge is 0.416 e. The molecular weight excluding hydrogens is 342 g/mol. The number of benzene rings is 1. The summed E-state index contributed by atoms with van der Waals surface area (Å²) in [6.45, 7) is 0. The number of furan rings is 1. The van der Waals surface area contributed by atoms with Crippen LogP contribution in [0.15, 0.2) is 41.0 Å². The van der Waals surface area contributed by atoms with Crippen LogP contribution < -0.4 is 0 Å². The van der Waals surface area contributed by atoms with Gasteiger partial charge in [0.1, 0.15) is 5.76 Å². The van der Waals surface area contributed by atoms with Crippen LogP contribution in [-0.2, 0) is 17.1 Å². The molecule has 9 heteroatoms. The summed E-state index contributed by atoms with van der Waals surface area (Å²) in [6.07, 6.45) is -7.23. The lowest BCUT2D eigenvalue weighted by Crippen LogP contribution is -2.11. The highest BCUT2D eigenvalue weighted by Crippen LogP contribution is 2.38. The molecule has 0 amide bonds. The van der Waals surface area contributed by atoms with Crippen LogP contribution in [0.3, 0.4) is 0 Å². The molecule has 24 heavy (non-hydrogen) atoms. The quantitative estimate of drug-likeness (QED) is 0.620. The van der Waals surface area contributed by atoms with Gasteiger partial charge in [0.15, 0.2) is 0 Å². The van der Waals surface area contributed by atoms with E-state index < -0.39 is 29.4 Å². The first-order valence-electron chi connectivity index (χ1n) is 6.26. The fourth-order valence-electron chi connectivity index (χ4n) is 1.87. The van der Waals surface area contributed by atoms with Crippen LogP contribution in [0.1, 0.15) is 16.9 Å². The van der Waals surface area contributed by atoms with E-state index in [4.69, 9.17) is 9.52 Å². The number of hydrogen-bond donors (Lipinski definition) is 1. The van der Waals surface area contributed by atoms with Crippen molar-refractivity contribution in [1.82, 2.24) is 0 Å². The molecular formula is C15H8F6O3. The van der Waals surface area contributed by atoms with Crippen molar-refractivity contribution in [2.24, 2.45) is 0 Å². The first kappa shape index (κ1) is 17.6. The summed E-state index contributed by atoms with van der Waals surface area (Å²) in [7, 11) is 0. The molecule has 0 fully saturated rings. The minimum Gasteiger partial charge on any atom is -0.478 e. The van der Waals surface area contributed by atoms with Crippen molar-refractivity contribution in [2.75, 3.05) is 0 Å². The Morgan fingerprint density at radius 1 is 0.917 bits per heavy atom. The van der Waals surface area contributed by atoms with Crippen molar-refractivity contribution in [2.45, 2.75) is 12.4 Å². The number of rotatable bonds is 3. The second-order valence-corrected chi connectivity index (χ2v) is 4.70. The summed E-state index contributed by atoms with van der Waals surface area (Å²) in [5.74, 6) is -1.32. The molecule has 0 aliphatic heterocycles. The number of hydrogen-bond acceptors (Lipinski definition) is 2. The molecule has 128 valence electrons. The van der Waals surface area contributed by atoms with Gasteiger partial charge >= 0.3 is 18.3 Å². The van der Waals surface area contributed by atoms with E-state index in [0.717, 1.165) is 24.5 Å². The SMILES string of the molecule is O=C(O)/C=C/c1cc(-c2cc(C(F)(F)F)cc(C(F)(F)F)c2)co1. The van der Waals surface area contributed by atoms with E-state index in [1.165, 1.54) is 0 Å². The molecule has 2 aromatic rings. The van der Waals surface area contributed by atoms with Gasteiger partial charge in [-0.3, -0.25) is 0 Å². The van der Waals surface area contributed by atoms with Crippen molar-refractivity contribution in [3.63, 3.8) is 0 Å². The Balaban J connectivity index is 2.52. The maximum Gasteiger partial charge on any atom is 0.416 e. The van der Waals surface area contributed by atoms with Gasteiger partial charge in [0, 0.05) is 11.6 Å². The van der Waals surface area contributed by atoms with Crippen molar-refractivity contribution in [3.05, 3.63) is 53.5 Å². The first-order chi connectivity index (χ1) is 11.0. The second-order valence-electron chi connectivity index (χ2n) is 4.70. The predicted octanol–water partition coefficient (Wildman–Crippen LogP) is 5.08. The summed E-state index contributed by atoms with van der Waals surface area (Å²) in [5, 5.41) is 8.47. The average molecular weight is 350 g/mol. The Morgan fingerprint density at radius 2 is 1.46 bits per heavy atom. The first-order valence-corrected chi connectivity index (χ1v) is 6.26. The minimum atomic E-state index is -4.95. The van der Waals surface area contributed by atoms with E-state index in [2.05, 4.69) is 0 Å². The maximum absolute atomic E-state index is 12.8. The van der Waals surface area contributed by atoms with E-state index in [9.17, 15) is 31.1 Å². The van der Waals surface area contributed by atoms with Crippen LogP contribution in [0.5, 0.6) is 0 Å². The molecule has 0 radical (unpaired) electrons. The van der Waals surface area contributed by atoms with Gasteiger partial charge in [0.25, 0.3) is 0 Å². The molecule has 2 rings (SSSR count). The van der Waals surface area contributed by atoms with Crippen LogP contribution in [-0.4, -0.2) is 11.1 Å². The molecule has 0 aliphatic rings. The third-order valence-electron chi connectivity index (χ3n) is 2.93. The summed E-state index contributed by atoms with van der Waals surface area (Å²) in [4.78, 5) is 10.4. The van der Waals surface area contributed by atoms with Crippen molar-refractivity contribution >= 4 is 12.0 Å². The van der Waals surface area contributed by atoms with E-state index in [1.807, 2.05) is 0 Å². The molecule has 1 aromatic carbocycles. The Hall–Kier alpha value is -2.71. The van der Waals surface area contributed by atoms with E-state index >= 15 is 0 Å². The van der Waals surface area contributed by atoms with Gasteiger partial charge in [-0.05, 0) is 35.9 Å². The standard InChI is InChI=1S/C15H8F6O3/c16-14(17,18)10-3-8(4-11(6-10)15(19,20)21)9-5-12(24-7-9)1-2-13(22)23/h1-7H,(H,22,23)/b2-1+. The molecule has 0 bridgehead atoms. The molecule has 0 saturated carbocycles. The Kier molecular flexibility index (Phi) is 4.46. The monoisotopic (exact) mass is 350 g/mol. The van der Waals surface area contributed by atoms with Crippen LogP contribution in [0.4, 0.5) is 26.3 Å². The summed E-state index contributed by atoms with van der Waals surface area (Å²) in [5.41, 5.74) is -3.29. The van der Waals surface area contributed by atoms with E-state index in [1.54, 1.807) is 0 Å². The Bertz CT molecular complexity index is 751. The van der Waals surface area contributed by atoms with Gasteiger partial charge in [-0.2, -0.15) is 26.3 Å². The Labute approximate surface area is 130 Å². The van der Waals surface area contributed by atoms with Gasteiger partial charge in [-0.15, -0.1) is 0 Å². The van der Waals surface area contributed by atoms with Crippen molar-refractivity contribution in [1.29, 1.82) is 0 Å². The zero-order chi connectivity index (χ0) is 18.1. The largest absolute Gasteiger partial charge is 0.478 e. The predicted molar refractivity (Wildman–Crippen MR) is 70.8 cm³/mol. The van der Waals surface area contributed by atoms with Gasteiger partial charge in [-0.1, -0.05) is 0 Å². The summed E-state index contributed by atoms with van der Waals surface area (Å²) >= 11 is 0. The molecule has 1 N–H and O–H groups in total. The van der Waals surface area contributed by atoms with Gasteiger partial charge in [-0.25, -0.2) is 4.79 Å². The number of alkyl halides is 6. The van der Waals surface area contributed by atoms with Gasteiger partial charge < -0.3 is 9.52 Å². The highest BCUT2D eigenvalue weighted by Gasteiger charge is 2.37. The number of aliphatic carboxylic acids is 1. The van der Waals surface area contributed by atoms with Gasteiger partial charge in [0.05, 0.1) is 17.4 Å². The maximum atomic E-state index is 12.8. The highest BCUT2D eigenvalue weighted by molar-refractivity contribution is 5.85. The number of carbonyl (C=O) groups is 1. The zero-order valence-corrected chi connectivity index (χ0v) is 11.6.